The molecule has 1 aliphatic carbocycles. The molecule has 0 aromatic heterocycles. The van der Waals surface area contributed by atoms with Crippen LogP contribution >= 0.6 is 11.8 Å². The maximum absolute atomic E-state index is 5.98. The van der Waals surface area contributed by atoms with Gasteiger partial charge in [0.1, 0.15) is 5.75 Å². The number of thioether (sulfide) groups is 1. The van der Waals surface area contributed by atoms with Crippen molar-refractivity contribution in [1.29, 1.82) is 0 Å². The van der Waals surface area contributed by atoms with E-state index in [-0.39, 0.29) is 0 Å². The Bertz CT molecular complexity index is 455. The number of anilines is 1. The Kier molecular flexibility index (Phi) is 5.33. The van der Waals surface area contributed by atoms with Crippen molar-refractivity contribution in [1.82, 2.24) is 0 Å². The lowest BCUT2D eigenvalue weighted by atomic mass is 10.1. The van der Waals surface area contributed by atoms with E-state index in [1.165, 1.54) is 18.4 Å². The van der Waals surface area contributed by atoms with E-state index in [2.05, 4.69) is 35.2 Å². The summed E-state index contributed by atoms with van der Waals surface area (Å²) in [5, 5.41) is 5.14. The Labute approximate surface area is 119 Å². The molecule has 1 aliphatic rings. The van der Waals surface area contributed by atoms with Gasteiger partial charge in [-0.05, 0) is 42.5 Å². The van der Waals surface area contributed by atoms with Crippen LogP contribution in [0.2, 0.25) is 0 Å². The Hall–Kier alpha value is -1.42. The molecule has 3 nitrogen and oxygen atoms in total. The first kappa shape index (κ1) is 14.0. The SMILES string of the molecule is C=N/C=C\SCCOc1c(NC)cccc1C1CC1. The van der Waals surface area contributed by atoms with Crippen LogP contribution in [0.4, 0.5) is 5.69 Å². The number of benzene rings is 1. The van der Waals surface area contributed by atoms with Gasteiger partial charge in [-0.2, -0.15) is 0 Å². The van der Waals surface area contributed by atoms with Gasteiger partial charge in [0.05, 0.1) is 12.3 Å². The van der Waals surface area contributed by atoms with Gasteiger partial charge in [0, 0.05) is 19.0 Å². The molecule has 0 amide bonds. The average molecular weight is 276 g/mol. The fourth-order valence-electron chi connectivity index (χ4n) is 1.97. The van der Waals surface area contributed by atoms with E-state index in [1.54, 1.807) is 18.0 Å². The number of para-hydroxylation sites is 1. The zero-order valence-electron chi connectivity index (χ0n) is 11.3. The van der Waals surface area contributed by atoms with Gasteiger partial charge < -0.3 is 10.1 Å². The minimum atomic E-state index is 0.695. The minimum Gasteiger partial charge on any atom is -0.490 e. The molecule has 4 heteroatoms. The summed E-state index contributed by atoms with van der Waals surface area (Å²) in [4.78, 5) is 3.66. The fourth-order valence-corrected chi connectivity index (χ4v) is 2.46. The fraction of sp³-hybridized carbons (Fsp3) is 0.400. The lowest BCUT2D eigenvalue weighted by molar-refractivity contribution is 0.342. The van der Waals surface area contributed by atoms with Gasteiger partial charge in [-0.15, -0.1) is 11.8 Å². The predicted octanol–water partition coefficient (Wildman–Crippen LogP) is 3.89. The van der Waals surface area contributed by atoms with Gasteiger partial charge in [0.2, 0.25) is 0 Å². The molecule has 0 heterocycles. The second-order valence-electron chi connectivity index (χ2n) is 4.44. The molecule has 0 aliphatic heterocycles. The molecule has 1 N–H and O–H groups in total. The Morgan fingerprint density at radius 2 is 2.37 bits per heavy atom. The van der Waals surface area contributed by atoms with Crippen molar-refractivity contribution in [2.24, 2.45) is 4.99 Å². The van der Waals surface area contributed by atoms with E-state index < -0.39 is 0 Å². The van der Waals surface area contributed by atoms with Gasteiger partial charge in [-0.3, -0.25) is 4.99 Å². The molecule has 0 unspecified atom stereocenters. The van der Waals surface area contributed by atoms with E-state index >= 15 is 0 Å². The van der Waals surface area contributed by atoms with E-state index in [9.17, 15) is 0 Å². The van der Waals surface area contributed by atoms with E-state index in [0.29, 0.717) is 12.5 Å². The Balaban J connectivity index is 1.94. The van der Waals surface area contributed by atoms with Gasteiger partial charge in [-0.25, -0.2) is 0 Å². The van der Waals surface area contributed by atoms with Crippen molar-refractivity contribution < 1.29 is 4.74 Å². The molecular formula is C15H20N2OS. The van der Waals surface area contributed by atoms with Crippen molar-refractivity contribution >= 4 is 24.2 Å². The number of rotatable bonds is 8. The highest BCUT2D eigenvalue weighted by Crippen LogP contribution is 2.46. The number of hydrogen-bond donors (Lipinski definition) is 1. The van der Waals surface area contributed by atoms with Crippen LogP contribution in [0.5, 0.6) is 5.75 Å². The molecular weight excluding hydrogens is 256 g/mol. The van der Waals surface area contributed by atoms with E-state index in [1.807, 2.05) is 12.5 Å². The van der Waals surface area contributed by atoms with Gasteiger partial charge >= 0.3 is 0 Å². The molecule has 1 aromatic carbocycles. The van der Waals surface area contributed by atoms with Crippen LogP contribution in [0.15, 0.2) is 34.8 Å². The van der Waals surface area contributed by atoms with Crippen LogP contribution in [0, 0.1) is 0 Å². The number of aliphatic imine (C=N–C) groups is 1. The van der Waals surface area contributed by atoms with Crippen LogP contribution in [-0.2, 0) is 0 Å². The Morgan fingerprint density at radius 3 is 3.05 bits per heavy atom. The summed E-state index contributed by atoms with van der Waals surface area (Å²) in [5.41, 5.74) is 2.43. The summed E-state index contributed by atoms with van der Waals surface area (Å²) in [6.45, 7) is 4.10. The van der Waals surface area contributed by atoms with Gasteiger partial charge in [0.15, 0.2) is 0 Å². The van der Waals surface area contributed by atoms with Crippen LogP contribution in [0.3, 0.4) is 0 Å². The molecule has 1 fully saturated rings. The second-order valence-corrected chi connectivity index (χ2v) is 5.45. The summed E-state index contributed by atoms with van der Waals surface area (Å²) < 4.78 is 5.98. The van der Waals surface area contributed by atoms with E-state index in [4.69, 9.17) is 4.74 Å². The summed E-state index contributed by atoms with van der Waals surface area (Å²) >= 11 is 1.68. The standard InChI is InChI=1S/C15H20N2OS/c1-16-8-10-19-11-9-18-15-13(12-6-7-12)4-3-5-14(15)17-2/h3-5,8,10,12,17H,1,6-7,9,11H2,2H3/b10-8-. The van der Waals surface area contributed by atoms with Crippen molar-refractivity contribution in [3.05, 3.63) is 35.4 Å². The smallest absolute Gasteiger partial charge is 0.145 e. The van der Waals surface area contributed by atoms with Crippen LogP contribution < -0.4 is 10.1 Å². The highest BCUT2D eigenvalue weighted by atomic mass is 32.2. The number of nitrogens with zero attached hydrogens (tertiary/aromatic N) is 1. The summed E-state index contributed by atoms with van der Waals surface area (Å²) in [5.74, 6) is 2.63. The summed E-state index contributed by atoms with van der Waals surface area (Å²) in [6.07, 6.45) is 4.26. The maximum atomic E-state index is 5.98. The number of nitrogens with one attached hydrogen (secondary N) is 1. The summed E-state index contributed by atoms with van der Waals surface area (Å²) in [6, 6.07) is 6.35. The summed E-state index contributed by atoms with van der Waals surface area (Å²) in [7, 11) is 1.94. The Morgan fingerprint density at radius 1 is 1.53 bits per heavy atom. The van der Waals surface area contributed by atoms with Crippen LogP contribution in [-0.4, -0.2) is 26.1 Å². The van der Waals surface area contributed by atoms with Gasteiger partial charge in [-0.1, -0.05) is 12.1 Å². The first-order valence-corrected chi connectivity index (χ1v) is 7.57. The molecule has 19 heavy (non-hydrogen) atoms. The monoisotopic (exact) mass is 276 g/mol. The molecule has 0 spiro atoms. The lowest BCUT2D eigenvalue weighted by Crippen LogP contribution is -2.04. The molecule has 0 atom stereocenters. The van der Waals surface area contributed by atoms with Crippen molar-refractivity contribution in [3.63, 3.8) is 0 Å². The third-order valence-electron chi connectivity index (χ3n) is 3.04. The molecule has 0 bridgehead atoms. The number of hydrogen-bond acceptors (Lipinski definition) is 4. The zero-order valence-corrected chi connectivity index (χ0v) is 12.1. The molecule has 2 rings (SSSR count). The van der Waals surface area contributed by atoms with E-state index in [0.717, 1.165) is 17.2 Å². The molecule has 0 radical (unpaired) electrons. The largest absolute Gasteiger partial charge is 0.490 e. The topological polar surface area (TPSA) is 33.6 Å². The van der Waals surface area contributed by atoms with Crippen LogP contribution in [0.1, 0.15) is 24.3 Å². The van der Waals surface area contributed by atoms with Gasteiger partial charge in [0.25, 0.3) is 0 Å². The number of ether oxygens (including phenoxy) is 1. The second kappa shape index (κ2) is 7.24. The minimum absolute atomic E-state index is 0.695. The van der Waals surface area contributed by atoms with Crippen molar-refractivity contribution in [2.75, 3.05) is 24.7 Å². The quantitative estimate of drug-likeness (QED) is 0.577. The molecule has 0 saturated heterocycles. The predicted molar refractivity (Wildman–Crippen MR) is 84.6 cm³/mol. The zero-order chi connectivity index (χ0) is 13.5. The maximum Gasteiger partial charge on any atom is 0.145 e. The first-order chi connectivity index (χ1) is 9.36. The van der Waals surface area contributed by atoms with Crippen molar-refractivity contribution in [3.8, 4) is 5.75 Å². The van der Waals surface area contributed by atoms with Crippen LogP contribution in [0.25, 0.3) is 0 Å². The van der Waals surface area contributed by atoms with Crippen molar-refractivity contribution in [2.45, 2.75) is 18.8 Å². The first-order valence-electron chi connectivity index (χ1n) is 6.52. The lowest BCUT2D eigenvalue weighted by Gasteiger charge is -2.15. The highest BCUT2D eigenvalue weighted by molar-refractivity contribution is 8.02. The average Bonchev–Trinajstić information content (AvgIpc) is 3.27. The third-order valence-corrected chi connectivity index (χ3v) is 3.76. The third kappa shape index (κ3) is 4.03. The highest BCUT2D eigenvalue weighted by Gasteiger charge is 2.27. The molecule has 1 saturated carbocycles. The molecule has 1 aromatic rings. The normalized spacial score (nSPS) is 14.6. The molecule has 102 valence electrons.